The molecule has 2 fully saturated rings. The average molecular weight is 333 g/mol. The second-order valence-electron chi connectivity index (χ2n) is 7.14. The van der Waals surface area contributed by atoms with Gasteiger partial charge in [0.05, 0.1) is 18.8 Å². The first-order chi connectivity index (χ1) is 11.8. The van der Waals surface area contributed by atoms with Crippen LogP contribution >= 0.6 is 0 Å². The van der Waals surface area contributed by atoms with Crippen LogP contribution in [0.1, 0.15) is 50.1 Å². The number of hydrogen-bond donors (Lipinski definition) is 2. The van der Waals surface area contributed by atoms with E-state index in [2.05, 4.69) is 35.6 Å². The van der Waals surface area contributed by atoms with E-state index in [-0.39, 0.29) is 6.10 Å². The second-order valence-corrected chi connectivity index (χ2v) is 7.14. The molecule has 0 aromatic heterocycles. The lowest BCUT2D eigenvalue weighted by atomic mass is 9.91. The minimum Gasteiger partial charge on any atom is -0.389 e. The molecule has 1 saturated heterocycles. The summed E-state index contributed by atoms with van der Waals surface area (Å²) in [6.45, 7) is 2.54. The monoisotopic (exact) mass is 333 g/mol. The van der Waals surface area contributed by atoms with Gasteiger partial charge in [0, 0.05) is 25.8 Å². The molecule has 1 aliphatic carbocycles. The quantitative estimate of drug-likeness (QED) is 0.768. The highest BCUT2D eigenvalue weighted by Crippen LogP contribution is 2.35. The van der Waals surface area contributed by atoms with Gasteiger partial charge in [-0.2, -0.15) is 0 Å². The molecule has 24 heavy (non-hydrogen) atoms. The predicted molar refractivity (Wildman–Crippen MR) is 94.9 cm³/mol. The van der Waals surface area contributed by atoms with Crippen molar-refractivity contribution in [1.82, 2.24) is 5.32 Å². The van der Waals surface area contributed by atoms with Gasteiger partial charge in [0.1, 0.15) is 0 Å². The van der Waals surface area contributed by atoms with Gasteiger partial charge in [0.2, 0.25) is 0 Å². The summed E-state index contributed by atoms with van der Waals surface area (Å²) < 4.78 is 11.2. The summed E-state index contributed by atoms with van der Waals surface area (Å²) in [5.41, 5.74) is 1.34. The van der Waals surface area contributed by atoms with Crippen LogP contribution in [0.25, 0.3) is 0 Å². The molecule has 1 aliphatic heterocycles. The van der Waals surface area contributed by atoms with E-state index < -0.39 is 6.10 Å². The van der Waals surface area contributed by atoms with Crippen LogP contribution in [0, 0.1) is 5.92 Å². The molecule has 0 bridgehead atoms. The Balaban J connectivity index is 1.47. The third kappa shape index (κ3) is 5.28. The van der Waals surface area contributed by atoms with Crippen molar-refractivity contribution in [1.29, 1.82) is 0 Å². The van der Waals surface area contributed by atoms with Gasteiger partial charge in [-0.05, 0) is 37.2 Å². The number of rotatable bonds is 8. The lowest BCUT2D eigenvalue weighted by Crippen LogP contribution is -2.37. The molecule has 2 aliphatic rings. The highest BCUT2D eigenvalue weighted by molar-refractivity contribution is 5.20. The molecule has 2 N–H and O–H groups in total. The molecular formula is C20H31NO3. The molecule has 2 atom stereocenters. The lowest BCUT2D eigenvalue weighted by molar-refractivity contribution is -0.0590. The van der Waals surface area contributed by atoms with Crippen LogP contribution in [0.4, 0.5) is 0 Å². The van der Waals surface area contributed by atoms with Gasteiger partial charge in [0.25, 0.3) is 0 Å². The van der Waals surface area contributed by atoms with E-state index in [9.17, 15) is 5.11 Å². The minimum atomic E-state index is -0.458. The number of benzene rings is 1. The summed E-state index contributed by atoms with van der Waals surface area (Å²) in [4.78, 5) is 0. The van der Waals surface area contributed by atoms with Crippen molar-refractivity contribution < 1.29 is 14.6 Å². The SMILES string of the molecule is OC(CNC(c1ccccc1)C1CCCC1)COC1CCOCC1. The Morgan fingerprint density at radius 3 is 2.50 bits per heavy atom. The van der Waals surface area contributed by atoms with Crippen molar-refractivity contribution in [3.05, 3.63) is 35.9 Å². The zero-order valence-corrected chi connectivity index (χ0v) is 14.5. The van der Waals surface area contributed by atoms with Gasteiger partial charge in [0.15, 0.2) is 0 Å². The number of ether oxygens (including phenoxy) is 2. The summed E-state index contributed by atoms with van der Waals surface area (Å²) >= 11 is 0. The highest BCUT2D eigenvalue weighted by atomic mass is 16.5. The average Bonchev–Trinajstić information content (AvgIpc) is 3.16. The Hall–Kier alpha value is -0.940. The second kappa shape index (κ2) is 9.52. The number of nitrogens with one attached hydrogen (secondary N) is 1. The summed E-state index contributed by atoms with van der Waals surface area (Å²) in [6.07, 6.45) is 6.87. The molecule has 1 heterocycles. The molecule has 1 aromatic carbocycles. The van der Waals surface area contributed by atoms with Crippen LogP contribution in [0.15, 0.2) is 30.3 Å². The van der Waals surface area contributed by atoms with E-state index in [4.69, 9.17) is 9.47 Å². The zero-order chi connectivity index (χ0) is 16.6. The van der Waals surface area contributed by atoms with Crippen LogP contribution < -0.4 is 5.32 Å². The number of aliphatic hydroxyl groups is 1. The summed E-state index contributed by atoms with van der Waals surface area (Å²) in [5, 5.41) is 13.9. The molecule has 4 heteroatoms. The maximum Gasteiger partial charge on any atom is 0.0898 e. The summed E-state index contributed by atoms with van der Waals surface area (Å²) in [5.74, 6) is 0.677. The van der Waals surface area contributed by atoms with E-state index in [0.29, 0.717) is 25.1 Å². The number of aliphatic hydroxyl groups excluding tert-OH is 1. The Kier molecular flexibility index (Phi) is 7.09. The number of hydrogen-bond acceptors (Lipinski definition) is 4. The van der Waals surface area contributed by atoms with Crippen molar-refractivity contribution in [2.45, 2.75) is 56.8 Å². The fourth-order valence-corrected chi connectivity index (χ4v) is 3.92. The topological polar surface area (TPSA) is 50.7 Å². The van der Waals surface area contributed by atoms with E-state index in [0.717, 1.165) is 26.1 Å². The largest absolute Gasteiger partial charge is 0.389 e. The van der Waals surface area contributed by atoms with Gasteiger partial charge < -0.3 is 19.9 Å². The lowest BCUT2D eigenvalue weighted by Gasteiger charge is -2.28. The fourth-order valence-electron chi connectivity index (χ4n) is 3.92. The van der Waals surface area contributed by atoms with E-state index >= 15 is 0 Å². The third-order valence-electron chi connectivity index (χ3n) is 5.30. The first-order valence-corrected chi connectivity index (χ1v) is 9.48. The van der Waals surface area contributed by atoms with Crippen LogP contribution in [0.2, 0.25) is 0 Å². The first-order valence-electron chi connectivity index (χ1n) is 9.48. The van der Waals surface area contributed by atoms with Crippen LogP contribution in [0.3, 0.4) is 0 Å². The third-order valence-corrected chi connectivity index (χ3v) is 5.30. The van der Waals surface area contributed by atoms with Crippen molar-refractivity contribution in [3.63, 3.8) is 0 Å². The Morgan fingerprint density at radius 2 is 1.79 bits per heavy atom. The highest BCUT2D eigenvalue weighted by Gasteiger charge is 2.26. The standard InChI is InChI=1S/C20H31NO3/c22-18(15-24-19-10-12-23-13-11-19)14-21-20(17-8-4-5-9-17)16-6-2-1-3-7-16/h1-3,6-7,17-22H,4-5,8-15H2. The van der Waals surface area contributed by atoms with Crippen LogP contribution in [-0.2, 0) is 9.47 Å². The Labute approximate surface area is 145 Å². The molecule has 1 aromatic rings. The van der Waals surface area contributed by atoms with Crippen LogP contribution in [0.5, 0.6) is 0 Å². The zero-order valence-electron chi connectivity index (χ0n) is 14.5. The predicted octanol–water partition coefficient (Wildman–Crippen LogP) is 3.06. The van der Waals surface area contributed by atoms with Gasteiger partial charge in [-0.25, -0.2) is 0 Å². The molecule has 0 spiro atoms. The molecule has 0 amide bonds. The van der Waals surface area contributed by atoms with Crippen LogP contribution in [-0.4, -0.2) is 43.7 Å². The van der Waals surface area contributed by atoms with E-state index in [1.165, 1.54) is 31.2 Å². The van der Waals surface area contributed by atoms with Crippen molar-refractivity contribution >= 4 is 0 Å². The van der Waals surface area contributed by atoms with Crippen molar-refractivity contribution in [3.8, 4) is 0 Å². The maximum absolute atomic E-state index is 10.3. The minimum absolute atomic E-state index is 0.244. The molecule has 1 saturated carbocycles. The maximum atomic E-state index is 10.3. The molecule has 2 unspecified atom stereocenters. The molecule has 4 nitrogen and oxygen atoms in total. The summed E-state index contributed by atoms with van der Waals surface area (Å²) in [6, 6.07) is 11.0. The van der Waals surface area contributed by atoms with Gasteiger partial charge >= 0.3 is 0 Å². The van der Waals surface area contributed by atoms with Crippen molar-refractivity contribution in [2.75, 3.05) is 26.4 Å². The molecule has 0 radical (unpaired) electrons. The fraction of sp³-hybridized carbons (Fsp3) is 0.700. The molecule has 3 rings (SSSR count). The van der Waals surface area contributed by atoms with E-state index in [1.54, 1.807) is 0 Å². The smallest absolute Gasteiger partial charge is 0.0898 e. The van der Waals surface area contributed by atoms with Gasteiger partial charge in [-0.15, -0.1) is 0 Å². The van der Waals surface area contributed by atoms with Gasteiger partial charge in [-0.1, -0.05) is 43.2 Å². The molecular weight excluding hydrogens is 302 g/mol. The normalized spacial score (nSPS) is 22.5. The summed E-state index contributed by atoms with van der Waals surface area (Å²) in [7, 11) is 0. The first kappa shape index (κ1) is 17.9. The molecule has 134 valence electrons. The van der Waals surface area contributed by atoms with Gasteiger partial charge in [-0.3, -0.25) is 0 Å². The Bertz CT molecular complexity index is 455. The van der Waals surface area contributed by atoms with E-state index in [1.807, 2.05) is 0 Å². The Morgan fingerprint density at radius 1 is 1.08 bits per heavy atom. The van der Waals surface area contributed by atoms with Crippen molar-refractivity contribution in [2.24, 2.45) is 5.92 Å².